The Balaban J connectivity index is -0.0000000566. The quantitative estimate of drug-likeness (QED) is 0.0446. The summed E-state index contributed by atoms with van der Waals surface area (Å²) in [4.78, 5) is 51.8. The van der Waals surface area contributed by atoms with E-state index in [1.165, 1.54) is 77.8 Å². The topological polar surface area (TPSA) is 186 Å². The fourth-order valence-electron chi connectivity index (χ4n) is 3.47. The minimum absolute atomic E-state index is 0. The van der Waals surface area contributed by atoms with E-state index in [9.17, 15) is 24.0 Å². The van der Waals surface area contributed by atoms with Gasteiger partial charge in [0, 0.05) is 163 Å². The molecule has 0 aromatic carbocycles. The molecule has 0 rings (SSSR count). The van der Waals surface area contributed by atoms with E-state index in [1.807, 2.05) is 13.8 Å². The SMILES string of the molecule is CCC(O)=CC(C)=O.CCCC(O)=CC(C)=O.CCCCC(O)=CC(C)=O.CCCCCC(O)=CC(C)=O.CCCCCCC(O)=CC(C)=O.[Ir].[Ir].[Ir].[Ir].[Ir]. The van der Waals surface area contributed by atoms with Crippen LogP contribution in [0.1, 0.15) is 166 Å². The number of aliphatic hydroxyl groups excluding tert-OH is 5. The summed E-state index contributed by atoms with van der Waals surface area (Å²) < 4.78 is 0. The molecule has 0 aromatic heterocycles. The normalized spacial score (nSPS) is 10.5. The maximum absolute atomic E-state index is 10.5. The molecule has 0 unspecified atom stereocenters. The van der Waals surface area contributed by atoms with E-state index in [2.05, 4.69) is 13.8 Å². The van der Waals surface area contributed by atoms with Crippen LogP contribution in [0.5, 0.6) is 0 Å². The summed E-state index contributed by atoms with van der Waals surface area (Å²) in [6.07, 6.45) is 19.9. The first-order valence-electron chi connectivity index (χ1n) is 17.8. The zero-order valence-electron chi connectivity index (χ0n) is 34.4. The standard InChI is InChI=1S/C10H18O2.C9H16O2.C8H14O2.C7H12O2.C6H10O2.5Ir/c1-3-4-5-6-7-10(12)8-9(2)11;1-3-4-5-6-9(11)7-8(2)10;1-3-4-5-8(10)6-7(2)9;1-3-4-7(9)5-6(2)8;1-3-6(8)4-5(2)7;;;;;/h8,12H,3-7H2,1-2H3;7,11H,3-6H2,1-2H3;6,10H,3-5H2,1-2H3;5,9H,3-4H2,1-2H3;4,8H,3H2,1-2H3;;;;;. The molecule has 0 atom stereocenters. The van der Waals surface area contributed by atoms with Gasteiger partial charge in [0.2, 0.25) is 0 Å². The number of carbonyl (C=O) groups is 5. The van der Waals surface area contributed by atoms with Gasteiger partial charge in [-0.3, -0.25) is 24.0 Å². The monoisotopic (exact) mass is 1680 g/mol. The van der Waals surface area contributed by atoms with Gasteiger partial charge in [0.25, 0.3) is 0 Å². The van der Waals surface area contributed by atoms with E-state index in [0.29, 0.717) is 32.1 Å². The van der Waals surface area contributed by atoms with Gasteiger partial charge in [0.1, 0.15) is 0 Å². The summed E-state index contributed by atoms with van der Waals surface area (Å²) in [5.41, 5.74) is 0. The van der Waals surface area contributed by atoms with E-state index < -0.39 is 0 Å². The summed E-state index contributed by atoms with van der Waals surface area (Å²) in [5.74, 6) is 0.516. The van der Waals surface area contributed by atoms with Crippen LogP contribution in [0.4, 0.5) is 0 Å². The van der Waals surface area contributed by atoms with Crippen LogP contribution < -0.4 is 0 Å². The number of ketones is 5. The van der Waals surface area contributed by atoms with E-state index in [0.717, 1.165) is 51.4 Å². The molecule has 335 valence electrons. The molecule has 15 heteroatoms. The van der Waals surface area contributed by atoms with Gasteiger partial charge in [-0.25, -0.2) is 0 Å². The van der Waals surface area contributed by atoms with Crippen molar-refractivity contribution >= 4 is 28.9 Å². The predicted octanol–water partition coefficient (Wildman–Crippen LogP) is 11.0. The van der Waals surface area contributed by atoms with Gasteiger partial charge in [-0.05, 0) is 60.3 Å². The van der Waals surface area contributed by atoms with Crippen LogP contribution in [-0.4, -0.2) is 54.4 Å². The van der Waals surface area contributed by atoms with Gasteiger partial charge >= 0.3 is 0 Å². The van der Waals surface area contributed by atoms with Crippen molar-refractivity contribution in [1.29, 1.82) is 0 Å². The van der Waals surface area contributed by atoms with Crippen molar-refractivity contribution in [3.63, 3.8) is 0 Å². The molecular weight excluding hydrogens is 1600 g/mol. The molecule has 0 fully saturated rings. The number of carbonyl (C=O) groups excluding carboxylic acids is 5. The van der Waals surface area contributed by atoms with E-state index in [-0.39, 0.29) is 158 Å². The fraction of sp³-hybridized carbons (Fsp3) is 0.625. The second kappa shape index (κ2) is 60.0. The minimum atomic E-state index is -0.107. The van der Waals surface area contributed by atoms with Gasteiger partial charge in [-0.15, -0.1) is 0 Å². The minimum Gasteiger partial charge on any atom is -0.512 e. The maximum Gasteiger partial charge on any atom is 0.155 e. The zero-order chi connectivity index (χ0) is 39.9. The number of allylic oxidation sites excluding steroid dienone is 10. The van der Waals surface area contributed by atoms with Crippen molar-refractivity contribution in [3.05, 3.63) is 59.2 Å². The molecule has 5 radical (unpaired) electrons. The van der Waals surface area contributed by atoms with Gasteiger partial charge in [-0.2, -0.15) is 0 Å². The van der Waals surface area contributed by atoms with Gasteiger partial charge in [0.15, 0.2) is 28.9 Å². The predicted molar refractivity (Wildman–Crippen MR) is 205 cm³/mol. The number of aliphatic hydroxyl groups is 5. The molecule has 5 N–H and O–H groups in total. The molecule has 0 aliphatic heterocycles. The smallest absolute Gasteiger partial charge is 0.155 e. The second-order valence-electron chi connectivity index (χ2n) is 11.7. The zero-order valence-corrected chi connectivity index (χ0v) is 46.4. The third-order valence-electron chi connectivity index (χ3n) is 5.83. The van der Waals surface area contributed by atoms with Crippen LogP contribution >= 0.6 is 0 Å². The van der Waals surface area contributed by atoms with Crippen LogP contribution in [-0.2, 0) is 124 Å². The summed E-state index contributed by atoms with van der Waals surface area (Å²) in [6, 6.07) is 0. The molecule has 0 saturated heterocycles. The molecule has 0 saturated carbocycles. The van der Waals surface area contributed by atoms with Crippen LogP contribution in [0.25, 0.3) is 0 Å². The molecule has 0 aliphatic rings. The van der Waals surface area contributed by atoms with Crippen molar-refractivity contribution in [2.75, 3.05) is 0 Å². The molecule has 0 aromatic rings. The van der Waals surface area contributed by atoms with Gasteiger partial charge in [0.05, 0.1) is 28.8 Å². The Morgan fingerprint density at radius 3 is 0.800 bits per heavy atom. The van der Waals surface area contributed by atoms with Crippen LogP contribution in [0.2, 0.25) is 0 Å². The number of rotatable bonds is 20. The molecular formula is C40H70Ir5O10. The largest absolute Gasteiger partial charge is 0.512 e. The average molecular weight is 1670 g/mol. The van der Waals surface area contributed by atoms with Crippen molar-refractivity contribution in [3.8, 4) is 0 Å². The van der Waals surface area contributed by atoms with Crippen molar-refractivity contribution in [1.82, 2.24) is 0 Å². The Bertz CT molecular complexity index is 1100. The summed E-state index contributed by atoms with van der Waals surface area (Å²) in [7, 11) is 0. The molecule has 0 aliphatic carbocycles. The third kappa shape index (κ3) is 90.8. The van der Waals surface area contributed by atoms with Crippen molar-refractivity contribution in [2.24, 2.45) is 0 Å². The van der Waals surface area contributed by atoms with Crippen LogP contribution in [0, 0.1) is 0 Å². The van der Waals surface area contributed by atoms with Crippen LogP contribution in [0.15, 0.2) is 59.2 Å². The van der Waals surface area contributed by atoms with Gasteiger partial charge in [-0.1, -0.05) is 73.1 Å². The first-order chi connectivity index (χ1) is 23.3. The summed E-state index contributed by atoms with van der Waals surface area (Å²) in [5, 5.41) is 44.8. The van der Waals surface area contributed by atoms with Crippen molar-refractivity contribution in [2.45, 2.75) is 166 Å². The molecule has 10 nitrogen and oxygen atoms in total. The first kappa shape index (κ1) is 78.6. The average Bonchev–Trinajstić information content (AvgIpc) is 2.98. The molecule has 0 spiro atoms. The molecule has 0 bridgehead atoms. The van der Waals surface area contributed by atoms with Crippen LogP contribution in [0.3, 0.4) is 0 Å². The Hall–Kier alpha value is -0.703. The Kier molecular flexibility index (Phi) is 85.7. The molecule has 0 amide bonds. The van der Waals surface area contributed by atoms with E-state index in [1.54, 1.807) is 6.92 Å². The second-order valence-corrected chi connectivity index (χ2v) is 11.7. The van der Waals surface area contributed by atoms with Gasteiger partial charge < -0.3 is 25.5 Å². The summed E-state index contributed by atoms with van der Waals surface area (Å²) >= 11 is 0. The fourth-order valence-corrected chi connectivity index (χ4v) is 3.47. The molecule has 0 heterocycles. The Morgan fingerprint density at radius 2 is 0.564 bits per heavy atom. The first-order valence-corrected chi connectivity index (χ1v) is 17.8. The summed E-state index contributed by atoms with van der Waals surface area (Å²) in [6.45, 7) is 17.2. The number of unbranched alkanes of at least 4 members (excludes halogenated alkanes) is 6. The molecule has 55 heavy (non-hydrogen) atoms. The maximum atomic E-state index is 10.5. The van der Waals surface area contributed by atoms with E-state index >= 15 is 0 Å². The van der Waals surface area contributed by atoms with E-state index in [4.69, 9.17) is 25.5 Å². The third-order valence-corrected chi connectivity index (χ3v) is 5.83. The number of hydrogen-bond acceptors (Lipinski definition) is 10. The Labute approximate surface area is 400 Å². The van der Waals surface area contributed by atoms with Crippen molar-refractivity contribution < 1.29 is 150 Å². The Morgan fingerprint density at radius 1 is 0.327 bits per heavy atom. The number of hydrogen-bond donors (Lipinski definition) is 5.